The van der Waals surface area contributed by atoms with E-state index in [2.05, 4.69) is 5.32 Å². The molecular formula is C27H27FN2O3. The molecule has 5 nitrogen and oxygen atoms in total. The van der Waals surface area contributed by atoms with Crippen LogP contribution in [0.15, 0.2) is 72.8 Å². The van der Waals surface area contributed by atoms with Gasteiger partial charge in [-0.1, -0.05) is 24.3 Å². The van der Waals surface area contributed by atoms with Crippen molar-refractivity contribution < 1.29 is 18.7 Å². The number of rotatable bonds is 6. The highest BCUT2D eigenvalue weighted by Gasteiger charge is 2.26. The molecule has 0 spiro atoms. The van der Waals surface area contributed by atoms with Crippen LogP contribution in [0.1, 0.15) is 50.6 Å². The second-order valence-corrected chi connectivity index (χ2v) is 8.26. The van der Waals surface area contributed by atoms with Gasteiger partial charge in [0.25, 0.3) is 11.8 Å². The standard InChI is InChI=1S/C27H27FN2O3/c1-33-25-12-10-20(11-13-25)27(32)30-14-4-8-23(18-30)21-6-3-7-22(16-21)26(31)29-17-19-5-2-9-24(28)15-19/h2-3,5-7,9-13,15-16,23H,4,8,14,17-18H2,1H3,(H,29,31)/t23-/m1/s1. The van der Waals surface area contributed by atoms with E-state index in [0.29, 0.717) is 23.2 Å². The molecule has 2 amide bonds. The van der Waals surface area contributed by atoms with Crippen LogP contribution in [-0.2, 0) is 6.54 Å². The summed E-state index contributed by atoms with van der Waals surface area (Å²) in [7, 11) is 1.60. The largest absolute Gasteiger partial charge is 0.497 e. The first-order chi connectivity index (χ1) is 16.0. The molecule has 1 fully saturated rings. The van der Waals surface area contributed by atoms with Crippen molar-refractivity contribution in [1.29, 1.82) is 0 Å². The van der Waals surface area contributed by atoms with Crippen molar-refractivity contribution in [2.24, 2.45) is 0 Å². The first-order valence-corrected chi connectivity index (χ1v) is 11.1. The number of hydrogen-bond acceptors (Lipinski definition) is 3. The molecule has 0 bridgehead atoms. The minimum Gasteiger partial charge on any atom is -0.497 e. The SMILES string of the molecule is COc1ccc(C(=O)N2CCC[C@@H](c3cccc(C(=O)NCc4cccc(F)c4)c3)C2)cc1. The lowest BCUT2D eigenvalue weighted by Gasteiger charge is -2.33. The third-order valence-electron chi connectivity index (χ3n) is 6.01. The van der Waals surface area contributed by atoms with E-state index in [4.69, 9.17) is 4.74 Å². The van der Waals surface area contributed by atoms with Crippen LogP contribution in [0.5, 0.6) is 5.75 Å². The Morgan fingerprint density at radius 2 is 1.82 bits per heavy atom. The minimum atomic E-state index is -0.324. The molecule has 1 saturated heterocycles. The number of piperidine rings is 1. The molecule has 170 valence electrons. The molecule has 33 heavy (non-hydrogen) atoms. The van der Waals surface area contributed by atoms with Crippen molar-refractivity contribution in [3.05, 3.63) is 101 Å². The number of methoxy groups -OCH3 is 1. The number of ether oxygens (including phenoxy) is 1. The van der Waals surface area contributed by atoms with Crippen LogP contribution in [0.4, 0.5) is 4.39 Å². The molecule has 1 aliphatic heterocycles. The number of likely N-dealkylation sites (tertiary alicyclic amines) is 1. The van der Waals surface area contributed by atoms with E-state index in [0.717, 1.165) is 30.7 Å². The Morgan fingerprint density at radius 1 is 1.03 bits per heavy atom. The van der Waals surface area contributed by atoms with Crippen molar-refractivity contribution in [1.82, 2.24) is 10.2 Å². The fourth-order valence-electron chi connectivity index (χ4n) is 4.22. The average Bonchev–Trinajstić information content (AvgIpc) is 2.87. The highest BCUT2D eigenvalue weighted by Crippen LogP contribution is 2.28. The molecule has 1 atom stereocenters. The smallest absolute Gasteiger partial charge is 0.253 e. The summed E-state index contributed by atoms with van der Waals surface area (Å²) < 4.78 is 18.5. The van der Waals surface area contributed by atoms with Crippen LogP contribution in [0.2, 0.25) is 0 Å². The van der Waals surface area contributed by atoms with Crippen LogP contribution in [0, 0.1) is 5.82 Å². The number of nitrogens with one attached hydrogen (secondary N) is 1. The second kappa shape index (κ2) is 10.3. The lowest BCUT2D eigenvalue weighted by Crippen LogP contribution is -2.39. The zero-order chi connectivity index (χ0) is 23.2. The van der Waals surface area contributed by atoms with Crippen LogP contribution in [0.3, 0.4) is 0 Å². The number of hydrogen-bond donors (Lipinski definition) is 1. The Balaban J connectivity index is 1.41. The molecule has 6 heteroatoms. The van der Waals surface area contributed by atoms with Crippen LogP contribution in [0.25, 0.3) is 0 Å². The Kier molecular flexibility index (Phi) is 7.03. The summed E-state index contributed by atoms with van der Waals surface area (Å²) in [6, 6.07) is 20.9. The van der Waals surface area contributed by atoms with Gasteiger partial charge in [0, 0.05) is 36.7 Å². The Bertz CT molecular complexity index is 1130. The Morgan fingerprint density at radius 3 is 2.58 bits per heavy atom. The van der Waals surface area contributed by atoms with Crippen molar-refractivity contribution in [3.63, 3.8) is 0 Å². The third kappa shape index (κ3) is 5.58. The molecule has 3 aromatic rings. The molecule has 0 unspecified atom stereocenters. The predicted octanol–water partition coefficient (Wildman–Crippen LogP) is 4.78. The summed E-state index contributed by atoms with van der Waals surface area (Å²) in [5.41, 5.74) is 2.95. The molecule has 0 saturated carbocycles. The average molecular weight is 447 g/mol. The Labute approximate surface area is 193 Å². The van der Waals surface area contributed by atoms with Gasteiger partial charge in [-0.15, -0.1) is 0 Å². The topological polar surface area (TPSA) is 58.6 Å². The van der Waals surface area contributed by atoms with E-state index in [1.54, 1.807) is 49.6 Å². The molecular weight excluding hydrogens is 419 g/mol. The maximum Gasteiger partial charge on any atom is 0.253 e. The highest BCUT2D eigenvalue weighted by molar-refractivity contribution is 5.95. The molecule has 1 N–H and O–H groups in total. The van der Waals surface area contributed by atoms with E-state index in [-0.39, 0.29) is 30.1 Å². The van der Waals surface area contributed by atoms with Gasteiger partial charge < -0.3 is 15.0 Å². The number of carbonyl (C=O) groups excluding carboxylic acids is 2. The third-order valence-corrected chi connectivity index (χ3v) is 6.01. The first kappa shape index (κ1) is 22.5. The fourth-order valence-corrected chi connectivity index (χ4v) is 4.22. The van der Waals surface area contributed by atoms with Crippen molar-refractivity contribution in [3.8, 4) is 5.75 Å². The number of nitrogens with zero attached hydrogens (tertiary/aromatic N) is 1. The molecule has 0 aromatic heterocycles. The molecule has 1 aliphatic rings. The van der Waals surface area contributed by atoms with E-state index >= 15 is 0 Å². The molecule has 0 radical (unpaired) electrons. The molecule has 4 rings (SSSR count). The lowest BCUT2D eigenvalue weighted by molar-refractivity contribution is 0.0706. The highest BCUT2D eigenvalue weighted by atomic mass is 19.1. The van der Waals surface area contributed by atoms with Crippen LogP contribution >= 0.6 is 0 Å². The molecule has 3 aromatic carbocycles. The number of amides is 2. The summed E-state index contributed by atoms with van der Waals surface area (Å²) in [6.07, 6.45) is 1.86. The van der Waals surface area contributed by atoms with Gasteiger partial charge in [0.2, 0.25) is 0 Å². The van der Waals surface area contributed by atoms with Gasteiger partial charge in [0.05, 0.1) is 7.11 Å². The van der Waals surface area contributed by atoms with Gasteiger partial charge in [-0.3, -0.25) is 9.59 Å². The maximum absolute atomic E-state index is 13.4. The van der Waals surface area contributed by atoms with Crippen LogP contribution in [-0.4, -0.2) is 36.9 Å². The van der Waals surface area contributed by atoms with E-state index in [1.807, 2.05) is 23.1 Å². The number of benzene rings is 3. The fraction of sp³-hybridized carbons (Fsp3) is 0.259. The summed E-state index contributed by atoms with van der Waals surface area (Å²) in [5, 5.41) is 2.85. The first-order valence-electron chi connectivity index (χ1n) is 11.1. The van der Waals surface area contributed by atoms with E-state index in [9.17, 15) is 14.0 Å². The van der Waals surface area contributed by atoms with Gasteiger partial charge in [0.15, 0.2) is 0 Å². The van der Waals surface area contributed by atoms with Crippen LogP contribution < -0.4 is 10.1 Å². The Hall–Kier alpha value is -3.67. The van der Waals surface area contributed by atoms with E-state index in [1.165, 1.54) is 12.1 Å². The summed E-state index contributed by atoms with van der Waals surface area (Å²) in [6.45, 7) is 1.59. The summed E-state index contributed by atoms with van der Waals surface area (Å²) >= 11 is 0. The molecule has 1 heterocycles. The van der Waals surface area contributed by atoms with Gasteiger partial charge in [-0.2, -0.15) is 0 Å². The number of carbonyl (C=O) groups is 2. The van der Waals surface area contributed by atoms with E-state index < -0.39 is 0 Å². The summed E-state index contributed by atoms with van der Waals surface area (Å²) in [5.74, 6) is 0.358. The van der Waals surface area contributed by atoms with Crippen molar-refractivity contribution >= 4 is 11.8 Å². The monoisotopic (exact) mass is 446 g/mol. The zero-order valence-electron chi connectivity index (χ0n) is 18.6. The predicted molar refractivity (Wildman–Crippen MR) is 125 cm³/mol. The van der Waals surface area contributed by atoms with Gasteiger partial charge in [-0.25, -0.2) is 4.39 Å². The normalized spacial score (nSPS) is 15.7. The van der Waals surface area contributed by atoms with Gasteiger partial charge >= 0.3 is 0 Å². The maximum atomic E-state index is 13.4. The summed E-state index contributed by atoms with van der Waals surface area (Å²) in [4.78, 5) is 27.5. The number of halogens is 1. The van der Waals surface area contributed by atoms with Gasteiger partial charge in [-0.05, 0) is 72.5 Å². The van der Waals surface area contributed by atoms with Gasteiger partial charge in [0.1, 0.15) is 11.6 Å². The zero-order valence-corrected chi connectivity index (χ0v) is 18.6. The minimum absolute atomic E-state index is 0.00587. The van der Waals surface area contributed by atoms with Crippen molar-refractivity contribution in [2.45, 2.75) is 25.3 Å². The van der Waals surface area contributed by atoms with Crippen molar-refractivity contribution in [2.75, 3.05) is 20.2 Å². The second-order valence-electron chi connectivity index (χ2n) is 8.26. The quantitative estimate of drug-likeness (QED) is 0.593. The molecule has 0 aliphatic carbocycles. The lowest BCUT2D eigenvalue weighted by atomic mass is 9.89.